The monoisotopic (exact) mass is 803 g/mol. The maximum Gasteiger partial charge on any atom is 0.251 e. The molecule has 3 aromatic rings. The summed E-state index contributed by atoms with van der Waals surface area (Å²) in [5.41, 5.74) is 4.74. The third-order valence-electron chi connectivity index (χ3n) is 13.0. The number of benzene rings is 3. The molecule has 9 atom stereocenters. The van der Waals surface area contributed by atoms with Crippen molar-refractivity contribution >= 4 is 29.1 Å². The minimum absolute atomic E-state index is 0.00673. The Morgan fingerprint density at radius 3 is 2.39 bits per heavy atom. The number of carbonyl (C=O) groups excluding carboxylic acids is 2. The molecule has 3 aliphatic carbocycles. The van der Waals surface area contributed by atoms with E-state index in [4.69, 9.17) is 21.2 Å². The van der Waals surface area contributed by atoms with Crippen molar-refractivity contribution in [3.05, 3.63) is 82.4 Å². The van der Waals surface area contributed by atoms with Gasteiger partial charge in [-0.3, -0.25) is 14.4 Å². The molecule has 1 unspecified atom stereocenters. The lowest BCUT2D eigenvalue weighted by Gasteiger charge is -2.62. The van der Waals surface area contributed by atoms with E-state index in [9.17, 15) is 19.8 Å². The van der Waals surface area contributed by atoms with Crippen LogP contribution in [0.1, 0.15) is 62.0 Å². The van der Waals surface area contributed by atoms with Gasteiger partial charge in [-0.1, -0.05) is 62.7 Å². The van der Waals surface area contributed by atoms with E-state index in [2.05, 4.69) is 48.4 Å². The van der Waals surface area contributed by atoms with Crippen LogP contribution in [0.25, 0.3) is 11.1 Å². The Hall–Kier alpha value is -3.71. The van der Waals surface area contributed by atoms with Gasteiger partial charge in [-0.15, -0.1) is 0 Å². The van der Waals surface area contributed by atoms with Crippen LogP contribution in [0.15, 0.2) is 60.7 Å². The Labute approximate surface area is 343 Å². The summed E-state index contributed by atoms with van der Waals surface area (Å²) < 4.78 is 6.11. The van der Waals surface area contributed by atoms with Crippen LogP contribution in [-0.2, 0) is 22.6 Å². The van der Waals surface area contributed by atoms with Gasteiger partial charge in [0.2, 0.25) is 5.91 Å². The first-order valence-electron chi connectivity index (χ1n) is 20.2. The zero-order valence-corrected chi connectivity index (χ0v) is 35.7. The molecule has 1 heterocycles. The number of rotatable bonds is 15. The second-order valence-electron chi connectivity index (χ2n) is 17.6. The number of hydroxylamine groups is 2. The van der Waals surface area contributed by atoms with Crippen molar-refractivity contribution in [1.29, 1.82) is 0 Å². The van der Waals surface area contributed by atoms with Gasteiger partial charge in [0, 0.05) is 66.0 Å². The fourth-order valence-electron chi connectivity index (χ4n) is 9.78. The van der Waals surface area contributed by atoms with Crippen LogP contribution < -0.4 is 20.3 Å². The molecular formula is C45H62ClN5O6. The first-order valence-corrected chi connectivity index (χ1v) is 20.6. The standard InChI is InChI=1S/C45H62ClN5O6/c1-26-36-21-31(45(36,3)4)22-38(26)48-44(55)41-40(27(2)53)39(25-52)57-51(41)24-35-37(46)16-15-34(42(35)56-9)29-18-30(20-33(19-29)50(7)8)43(54)47-32(23-49(5)6)17-28-13-11-10-12-14-28/h10-16,18-20,26-27,31-32,36,38-41,52-53H,17,21-25H2,1-9H3,(H,47,54)(H,48,55)/t26-,27-,31+,32?,36-,38-,39-,40+,41-/m0/s1. The molecule has 4 aliphatic rings. The number of aliphatic hydroxyl groups excluding tert-OH is 2. The van der Waals surface area contributed by atoms with Gasteiger partial charge in [-0.2, -0.15) is 5.06 Å². The normalized spacial score (nSPS) is 26.4. The number of likely N-dealkylation sites (N-methyl/N-ethyl adjacent to an activating group) is 1. The molecule has 3 aromatic carbocycles. The van der Waals surface area contributed by atoms with Crippen LogP contribution in [0.3, 0.4) is 0 Å². The van der Waals surface area contributed by atoms with Gasteiger partial charge in [0.25, 0.3) is 5.91 Å². The van der Waals surface area contributed by atoms with Gasteiger partial charge >= 0.3 is 0 Å². The van der Waals surface area contributed by atoms with Crippen molar-refractivity contribution in [2.24, 2.45) is 29.1 Å². The number of ether oxygens (including phenoxy) is 1. The fourth-order valence-corrected chi connectivity index (χ4v) is 9.99. The maximum absolute atomic E-state index is 14.4. The summed E-state index contributed by atoms with van der Waals surface area (Å²) in [7, 11) is 9.42. The number of aliphatic hydroxyl groups is 2. The number of hydrogen-bond donors (Lipinski definition) is 4. The SMILES string of the molecule is COc1c(-c2cc(C(=O)NC(Cc3ccccc3)CN(C)C)cc(N(C)C)c2)ccc(Cl)c1CN1O[C@@H](CO)[C@@H]([C@H](C)O)[C@H]1C(=O)N[C@H]1C[C@H]2C[C@@H]([C@@H]1C)C2(C)C. The van der Waals surface area contributed by atoms with Gasteiger partial charge in [0.1, 0.15) is 17.9 Å². The first-order chi connectivity index (χ1) is 27.0. The molecule has 11 nitrogen and oxygen atoms in total. The summed E-state index contributed by atoms with van der Waals surface area (Å²) >= 11 is 6.96. The predicted octanol–water partition coefficient (Wildman–Crippen LogP) is 5.64. The molecule has 57 heavy (non-hydrogen) atoms. The first kappa shape index (κ1) is 42.9. The van der Waals surface area contributed by atoms with Crippen molar-refractivity contribution < 1.29 is 29.4 Å². The van der Waals surface area contributed by atoms with E-state index in [-0.39, 0.29) is 42.5 Å². The zero-order chi connectivity index (χ0) is 41.3. The third kappa shape index (κ3) is 8.99. The van der Waals surface area contributed by atoms with Crippen LogP contribution in [0.5, 0.6) is 5.75 Å². The Bertz CT molecular complexity index is 1890. The number of nitrogens with one attached hydrogen (secondary N) is 2. The van der Waals surface area contributed by atoms with E-state index in [1.54, 1.807) is 25.2 Å². The van der Waals surface area contributed by atoms with Crippen molar-refractivity contribution in [2.75, 3.05) is 53.4 Å². The van der Waals surface area contributed by atoms with Crippen molar-refractivity contribution in [1.82, 2.24) is 20.6 Å². The topological polar surface area (TPSA) is 127 Å². The molecule has 2 bridgehead atoms. The van der Waals surface area contributed by atoms with Gasteiger partial charge in [-0.25, -0.2) is 0 Å². The highest BCUT2D eigenvalue weighted by atomic mass is 35.5. The van der Waals surface area contributed by atoms with Gasteiger partial charge < -0.3 is 35.4 Å². The number of fused-ring (bicyclic) bond motifs is 2. The van der Waals surface area contributed by atoms with E-state index in [0.717, 1.165) is 23.2 Å². The van der Waals surface area contributed by atoms with Gasteiger partial charge in [0.15, 0.2) is 0 Å². The van der Waals surface area contributed by atoms with E-state index in [1.165, 1.54) is 6.42 Å². The highest BCUT2D eigenvalue weighted by Gasteiger charge is 2.57. The molecule has 1 aliphatic heterocycles. The summed E-state index contributed by atoms with van der Waals surface area (Å²) in [4.78, 5) is 38.7. The molecule has 0 spiro atoms. The molecular weight excluding hydrogens is 742 g/mol. The number of methoxy groups -OCH3 is 1. The van der Waals surface area contributed by atoms with Crippen LogP contribution >= 0.6 is 11.6 Å². The number of carbonyl (C=O) groups is 2. The minimum atomic E-state index is -0.939. The average molecular weight is 804 g/mol. The molecule has 310 valence electrons. The van der Waals surface area contributed by atoms with E-state index < -0.39 is 24.2 Å². The molecule has 0 radical (unpaired) electrons. The van der Waals surface area contributed by atoms with E-state index in [0.29, 0.717) is 58.2 Å². The van der Waals surface area contributed by atoms with Crippen LogP contribution in [0.4, 0.5) is 5.69 Å². The van der Waals surface area contributed by atoms with E-state index >= 15 is 0 Å². The summed E-state index contributed by atoms with van der Waals surface area (Å²) in [5.74, 6) is 0.732. The Morgan fingerprint density at radius 1 is 1.07 bits per heavy atom. The Balaban J connectivity index is 1.31. The van der Waals surface area contributed by atoms with Gasteiger partial charge in [-0.05, 0) is 105 Å². The Kier molecular flexibility index (Phi) is 13.3. The lowest BCUT2D eigenvalue weighted by atomic mass is 9.45. The van der Waals surface area contributed by atoms with Crippen LogP contribution in [0.2, 0.25) is 5.02 Å². The largest absolute Gasteiger partial charge is 0.496 e. The molecule has 1 saturated heterocycles. The highest BCUT2D eigenvalue weighted by molar-refractivity contribution is 6.31. The maximum atomic E-state index is 14.4. The second-order valence-corrected chi connectivity index (χ2v) is 18.0. The number of nitrogens with zero attached hydrogens (tertiary/aromatic N) is 3. The van der Waals surface area contributed by atoms with Crippen LogP contribution in [-0.4, -0.2) is 111 Å². The smallest absolute Gasteiger partial charge is 0.251 e. The lowest BCUT2D eigenvalue weighted by molar-refractivity contribution is -0.183. The quantitative estimate of drug-likeness (QED) is 0.154. The number of halogens is 1. The lowest BCUT2D eigenvalue weighted by Crippen LogP contribution is -2.62. The molecule has 3 saturated carbocycles. The second kappa shape index (κ2) is 17.6. The minimum Gasteiger partial charge on any atom is -0.496 e. The number of anilines is 1. The van der Waals surface area contributed by atoms with Crippen molar-refractivity contribution in [3.63, 3.8) is 0 Å². The molecule has 2 amide bonds. The molecule has 4 fully saturated rings. The van der Waals surface area contributed by atoms with Gasteiger partial charge in [0.05, 0.1) is 26.4 Å². The van der Waals surface area contributed by atoms with Crippen molar-refractivity contribution in [2.45, 2.75) is 83.8 Å². The molecule has 4 N–H and O–H groups in total. The van der Waals surface area contributed by atoms with Crippen LogP contribution in [0, 0.1) is 29.1 Å². The van der Waals surface area contributed by atoms with E-state index in [1.807, 2.05) is 75.6 Å². The molecule has 0 aromatic heterocycles. The zero-order valence-electron chi connectivity index (χ0n) is 35.0. The number of amides is 2. The summed E-state index contributed by atoms with van der Waals surface area (Å²) in [6.45, 7) is 8.84. The third-order valence-corrected chi connectivity index (χ3v) is 13.4. The molecule has 12 heteroatoms. The predicted molar refractivity (Wildman–Crippen MR) is 225 cm³/mol. The van der Waals surface area contributed by atoms with Crippen molar-refractivity contribution in [3.8, 4) is 16.9 Å². The molecule has 7 rings (SSSR count). The highest BCUT2D eigenvalue weighted by Crippen LogP contribution is 2.61. The summed E-state index contributed by atoms with van der Waals surface area (Å²) in [6.07, 6.45) is 1.03. The fraction of sp³-hybridized carbons (Fsp3) is 0.556. The summed E-state index contributed by atoms with van der Waals surface area (Å²) in [6, 6.07) is 18.5. The number of hydrogen-bond acceptors (Lipinski definition) is 9. The Morgan fingerprint density at radius 2 is 1.79 bits per heavy atom. The average Bonchev–Trinajstić information content (AvgIpc) is 3.54. The summed E-state index contributed by atoms with van der Waals surface area (Å²) in [5, 5.41) is 30.0.